The van der Waals surface area contributed by atoms with Gasteiger partial charge in [-0.05, 0) is 73.2 Å². The molecule has 10 heteroatoms. The maximum absolute atomic E-state index is 13.0. The maximum atomic E-state index is 13.0. The van der Waals surface area contributed by atoms with E-state index in [1.165, 1.54) is 41.3 Å². The zero-order chi connectivity index (χ0) is 24.9. The van der Waals surface area contributed by atoms with Crippen molar-refractivity contribution in [2.24, 2.45) is 0 Å². The van der Waals surface area contributed by atoms with Crippen LogP contribution < -0.4 is 5.32 Å². The lowest BCUT2D eigenvalue weighted by Crippen LogP contribution is -2.13. The molecule has 0 unspecified atom stereocenters. The Balaban J connectivity index is 1.67. The molecule has 0 saturated heterocycles. The van der Waals surface area contributed by atoms with Crippen LogP contribution in [0.2, 0.25) is 5.02 Å². The summed E-state index contributed by atoms with van der Waals surface area (Å²) in [6.45, 7) is 0. The number of aryl methyl sites for hydroxylation is 1. The van der Waals surface area contributed by atoms with Gasteiger partial charge in [-0.2, -0.15) is 10.5 Å². The first-order chi connectivity index (χ1) is 16.9. The monoisotopic (exact) mass is 520 g/mol. The van der Waals surface area contributed by atoms with Gasteiger partial charge in [0.05, 0.1) is 10.5 Å². The number of hydrogen-bond acceptors (Lipinski definition) is 7. The fraction of sp³-hybridized carbons (Fsp3) is 0.160. The Bertz CT molecular complexity index is 1430. The molecule has 0 aliphatic heterocycles. The lowest BCUT2D eigenvalue weighted by Gasteiger charge is -2.09. The number of carbonyl (C=O) groups excluding carboxylic acids is 1. The lowest BCUT2D eigenvalue weighted by molar-refractivity contribution is -0.384. The summed E-state index contributed by atoms with van der Waals surface area (Å²) >= 11 is 8.65. The van der Waals surface area contributed by atoms with Crippen LogP contribution in [0, 0.1) is 32.8 Å². The predicted octanol–water partition coefficient (Wildman–Crippen LogP) is 6.76. The fourth-order valence-electron chi connectivity index (χ4n) is 3.73. The molecule has 0 fully saturated rings. The van der Waals surface area contributed by atoms with Crippen LogP contribution in [0.4, 0.5) is 10.7 Å². The molecule has 1 aliphatic carbocycles. The number of nitriles is 2. The van der Waals surface area contributed by atoms with E-state index in [0.717, 1.165) is 41.0 Å². The maximum Gasteiger partial charge on any atom is 0.270 e. The van der Waals surface area contributed by atoms with E-state index in [4.69, 9.17) is 11.6 Å². The number of hydrogen-bond donors (Lipinski definition) is 1. The predicted molar refractivity (Wildman–Crippen MR) is 137 cm³/mol. The van der Waals surface area contributed by atoms with Gasteiger partial charge < -0.3 is 5.32 Å². The van der Waals surface area contributed by atoms with Gasteiger partial charge in [0, 0.05) is 31.8 Å². The van der Waals surface area contributed by atoms with Crippen LogP contribution in [0.5, 0.6) is 0 Å². The first kappa shape index (κ1) is 24.5. The van der Waals surface area contributed by atoms with E-state index < -0.39 is 10.8 Å². The van der Waals surface area contributed by atoms with E-state index in [9.17, 15) is 25.4 Å². The summed E-state index contributed by atoms with van der Waals surface area (Å²) in [5.41, 5.74) is 1.40. The van der Waals surface area contributed by atoms with Gasteiger partial charge in [-0.3, -0.25) is 14.9 Å². The minimum absolute atomic E-state index is 0.160. The van der Waals surface area contributed by atoms with Crippen molar-refractivity contribution in [2.75, 3.05) is 5.32 Å². The van der Waals surface area contributed by atoms with Gasteiger partial charge in [0.1, 0.15) is 22.7 Å². The summed E-state index contributed by atoms with van der Waals surface area (Å²) in [4.78, 5) is 26.4. The normalized spacial score (nSPS) is 12.8. The number of nitro benzene ring substituents is 1. The Morgan fingerprint density at radius 2 is 1.91 bits per heavy atom. The molecule has 7 nitrogen and oxygen atoms in total. The summed E-state index contributed by atoms with van der Waals surface area (Å²) in [5.74, 6) is -0.670. The van der Waals surface area contributed by atoms with Crippen LogP contribution in [-0.2, 0) is 17.6 Å². The molecular weight excluding hydrogens is 504 g/mol. The molecule has 174 valence electrons. The Labute approximate surface area is 214 Å². The fourth-order valence-corrected chi connectivity index (χ4v) is 5.99. The average Bonchev–Trinajstić information content (AvgIpc) is 3.21. The van der Waals surface area contributed by atoms with E-state index in [1.54, 1.807) is 18.2 Å². The van der Waals surface area contributed by atoms with Crippen LogP contribution in [0.3, 0.4) is 0 Å². The minimum atomic E-state index is -0.670. The smallest absolute Gasteiger partial charge is 0.270 e. The molecule has 1 aromatic heterocycles. The number of carbonyl (C=O) groups is 1. The SMILES string of the molecule is N#C/C(=C/c1cc([N+](=O)[O-])ccc1Sc1ccc(Cl)cc1)C(=O)Nc1sc2c(c1C#N)CCCC2. The highest BCUT2D eigenvalue weighted by Gasteiger charge is 2.23. The Morgan fingerprint density at radius 3 is 2.60 bits per heavy atom. The van der Waals surface area contributed by atoms with E-state index in [0.29, 0.717) is 26.0 Å². The first-order valence-electron chi connectivity index (χ1n) is 10.6. The van der Waals surface area contributed by atoms with Crippen LogP contribution in [0.25, 0.3) is 6.08 Å². The number of nitro groups is 1. The summed E-state index contributed by atoms with van der Waals surface area (Å²) in [6, 6.07) is 15.4. The van der Waals surface area contributed by atoms with Crippen LogP contribution in [0.15, 0.2) is 57.8 Å². The Morgan fingerprint density at radius 1 is 1.17 bits per heavy atom. The van der Waals surface area contributed by atoms with Gasteiger partial charge in [0.2, 0.25) is 0 Å². The first-order valence-corrected chi connectivity index (χ1v) is 12.6. The third kappa shape index (κ3) is 5.55. The number of nitrogens with one attached hydrogen (secondary N) is 1. The highest BCUT2D eigenvalue weighted by atomic mass is 35.5. The molecule has 0 atom stereocenters. The molecule has 0 spiro atoms. The number of anilines is 1. The number of rotatable bonds is 6. The van der Waals surface area contributed by atoms with Crippen molar-refractivity contribution in [2.45, 2.75) is 35.5 Å². The molecule has 4 rings (SSSR count). The van der Waals surface area contributed by atoms with Crippen molar-refractivity contribution < 1.29 is 9.72 Å². The van der Waals surface area contributed by atoms with Crippen molar-refractivity contribution in [3.05, 3.63) is 84.7 Å². The molecule has 1 aliphatic rings. The molecule has 1 N–H and O–H groups in total. The third-order valence-electron chi connectivity index (χ3n) is 5.42. The van der Waals surface area contributed by atoms with Crippen molar-refractivity contribution >= 4 is 57.4 Å². The van der Waals surface area contributed by atoms with Crippen LogP contribution in [-0.4, -0.2) is 10.8 Å². The van der Waals surface area contributed by atoms with Crippen molar-refractivity contribution in [1.82, 2.24) is 0 Å². The minimum Gasteiger partial charge on any atom is -0.312 e. The third-order valence-corrected chi connectivity index (χ3v) is 7.98. The van der Waals surface area contributed by atoms with Gasteiger partial charge >= 0.3 is 0 Å². The van der Waals surface area contributed by atoms with Crippen molar-refractivity contribution in [3.63, 3.8) is 0 Å². The molecule has 3 aromatic rings. The molecular formula is C25H17ClN4O3S2. The highest BCUT2D eigenvalue weighted by Crippen LogP contribution is 2.38. The standard InChI is InChI=1S/C25H17ClN4O3S2/c26-17-5-8-19(9-6-17)34-22-10-7-18(30(32)33)12-15(22)11-16(13-27)24(31)29-25-21(14-28)20-3-1-2-4-23(20)35-25/h5-12H,1-4H2,(H,29,31)/b16-11-. The van der Waals surface area contributed by atoms with Crippen molar-refractivity contribution in [3.8, 4) is 12.1 Å². The van der Waals surface area contributed by atoms with Crippen LogP contribution in [0.1, 0.15) is 34.4 Å². The summed E-state index contributed by atoms with van der Waals surface area (Å²) < 4.78 is 0. The van der Waals surface area contributed by atoms with Gasteiger partial charge in [-0.25, -0.2) is 0 Å². The quantitative estimate of drug-likeness (QED) is 0.166. The molecule has 2 aromatic carbocycles. The average molecular weight is 521 g/mol. The molecule has 0 radical (unpaired) electrons. The second-order valence-electron chi connectivity index (χ2n) is 7.69. The number of halogens is 1. The van der Waals surface area contributed by atoms with Gasteiger partial charge in [-0.1, -0.05) is 23.4 Å². The number of non-ortho nitro benzene ring substituents is 1. The number of thiophene rings is 1. The van der Waals surface area contributed by atoms with Gasteiger partial charge in [-0.15, -0.1) is 11.3 Å². The Kier molecular flexibility index (Phi) is 7.52. The molecule has 1 heterocycles. The Hall–Kier alpha value is -3.63. The zero-order valence-corrected chi connectivity index (χ0v) is 20.6. The van der Waals surface area contributed by atoms with E-state index in [1.807, 2.05) is 18.2 Å². The number of amides is 1. The van der Waals surface area contributed by atoms with E-state index in [2.05, 4.69) is 11.4 Å². The number of nitrogens with zero attached hydrogens (tertiary/aromatic N) is 3. The molecule has 35 heavy (non-hydrogen) atoms. The summed E-state index contributed by atoms with van der Waals surface area (Å²) in [7, 11) is 0. The van der Waals surface area contributed by atoms with Gasteiger partial charge in [0.25, 0.3) is 11.6 Å². The second-order valence-corrected chi connectivity index (χ2v) is 10.3. The number of fused-ring (bicyclic) bond motifs is 1. The second kappa shape index (κ2) is 10.7. The molecule has 0 saturated carbocycles. The van der Waals surface area contributed by atoms with Gasteiger partial charge in [0.15, 0.2) is 0 Å². The zero-order valence-electron chi connectivity index (χ0n) is 18.2. The molecule has 1 amide bonds. The van der Waals surface area contributed by atoms with E-state index >= 15 is 0 Å². The van der Waals surface area contributed by atoms with Crippen molar-refractivity contribution in [1.29, 1.82) is 10.5 Å². The van der Waals surface area contributed by atoms with E-state index in [-0.39, 0.29) is 11.3 Å². The number of benzene rings is 2. The van der Waals surface area contributed by atoms with Crippen LogP contribution >= 0.6 is 34.7 Å². The largest absolute Gasteiger partial charge is 0.312 e. The lowest BCUT2D eigenvalue weighted by atomic mass is 9.96. The highest BCUT2D eigenvalue weighted by molar-refractivity contribution is 7.99. The summed E-state index contributed by atoms with van der Waals surface area (Å²) in [6.07, 6.45) is 5.03. The topological polar surface area (TPSA) is 120 Å². The summed E-state index contributed by atoms with van der Waals surface area (Å²) in [5, 5.41) is 34.4. The molecule has 0 bridgehead atoms.